The number of pyridine rings is 1. The molecule has 0 saturated carbocycles. The number of alkyl halides is 3. The van der Waals surface area contributed by atoms with E-state index in [1.165, 1.54) is 18.2 Å². The summed E-state index contributed by atoms with van der Waals surface area (Å²) in [5.41, 5.74) is 0.249. The van der Waals surface area contributed by atoms with E-state index in [4.69, 9.17) is 0 Å². The molecule has 3 aromatic rings. The van der Waals surface area contributed by atoms with Gasteiger partial charge in [0.05, 0.1) is 22.9 Å². The predicted octanol–water partition coefficient (Wildman–Crippen LogP) is 5.54. The molecule has 0 radical (unpaired) electrons. The highest BCUT2D eigenvalue weighted by Crippen LogP contribution is 2.34. The molecule has 2 heterocycles. The lowest BCUT2D eigenvalue weighted by molar-refractivity contribution is -0.137. The molecule has 0 aliphatic heterocycles. The van der Waals surface area contributed by atoms with Gasteiger partial charge in [-0.1, -0.05) is 18.2 Å². The van der Waals surface area contributed by atoms with Crippen LogP contribution in [0.3, 0.4) is 0 Å². The smallest absolute Gasteiger partial charge is 0.417 e. The number of allylic oxidation sites excluding steroid dienone is 2. The molecule has 1 aromatic carbocycles. The van der Waals surface area contributed by atoms with Gasteiger partial charge in [0, 0.05) is 23.5 Å². The Balaban J connectivity index is 1.89. The normalized spacial score (nSPS) is 15.2. The highest BCUT2D eigenvalue weighted by molar-refractivity contribution is 5.94. The van der Waals surface area contributed by atoms with Crippen molar-refractivity contribution in [2.24, 2.45) is 0 Å². The molecule has 2 N–H and O–H groups in total. The van der Waals surface area contributed by atoms with Crippen molar-refractivity contribution in [3.8, 4) is 0 Å². The first-order chi connectivity index (χ1) is 15.6. The van der Waals surface area contributed by atoms with Gasteiger partial charge in [-0.25, -0.2) is 9.78 Å². The number of rotatable bonds is 5. The van der Waals surface area contributed by atoms with Crippen LogP contribution in [0.2, 0.25) is 0 Å². The Hall–Kier alpha value is -3.62. The standard InChI is InChI=1S/C24H22F3N3O3/c1-14(28-19-10-6-5-9-17(19)23(32)33)18-11-16(24(25,26)27)13-30-21(31)12-20(29-22(18)30)15-7-3-2-4-8-15/h5-7,9-14,28H,2-4,8H2,1H3,(H,32,33)/t14-/m1/s1. The number of carbonyl (C=O) groups is 1. The Bertz CT molecular complexity index is 1310. The molecule has 0 spiro atoms. The summed E-state index contributed by atoms with van der Waals surface area (Å²) in [5, 5.41) is 12.4. The van der Waals surface area contributed by atoms with E-state index in [0.717, 1.165) is 47.9 Å². The zero-order valence-electron chi connectivity index (χ0n) is 17.8. The van der Waals surface area contributed by atoms with Crippen LogP contribution in [0.1, 0.15) is 65.8 Å². The van der Waals surface area contributed by atoms with E-state index in [-0.39, 0.29) is 22.5 Å². The number of anilines is 1. The maximum Gasteiger partial charge on any atom is 0.417 e. The Labute approximate surface area is 187 Å². The lowest BCUT2D eigenvalue weighted by Gasteiger charge is -2.21. The molecule has 0 fully saturated rings. The summed E-state index contributed by atoms with van der Waals surface area (Å²) >= 11 is 0. The fraction of sp³-hybridized carbons (Fsp3) is 0.292. The summed E-state index contributed by atoms with van der Waals surface area (Å²) in [5.74, 6) is -1.17. The zero-order valence-corrected chi connectivity index (χ0v) is 17.8. The fourth-order valence-corrected chi connectivity index (χ4v) is 4.04. The number of fused-ring (bicyclic) bond motifs is 1. The van der Waals surface area contributed by atoms with Gasteiger partial charge in [-0.05, 0) is 56.4 Å². The fourth-order valence-electron chi connectivity index (χ4n) is 4.04. The third kappa shape index (κ3) is 4.62. The first-order valence-electron chi connectivity index (χ1n) is 10.6. The van der Waals surface area contributed by atoms with E-state index in [1.807, 2.05) is 6.08 Å². The van der Waals surface area contributed by atoms with E-state index >= 15 is 0 Å². The summed E-state index contributed by atoms with van der Waals surface area (Å²) < 4.78 is 41.8. The van der Waals surface area contributed by atoms with Gasteiger partial charge in [0.2, 0.25) is 0 Å². The second-order valence-corrected chi connectivity index (χ2v) is 8.05. The monoisotopic (exact) mass is 457 g/mol. The lowest BCUT2D eigenvalue weighted by atomic mass is 9.97. The third-order valence-corrected chi connectivity index (χ3v) is 5.73. The van der Waals surface area contributed by atoms with Gasteiger partial charge in [-0.15, -0.1) is 0 Å². The van der Waals surface area contributed by atoms with Crippen molar-refractivity contribution in [3.63, 3.8) is 0 Å². The molecule has 33 heavy (non-hydrogen) atoms. The van der Waals surface area contributed by atoms with E-state index in [2.05, 4.69) is 10.3 Å². The number of aromatic carboxylic acids is 1. The quantitative estimate of drug-likeness (QED) is 0.526. The number of carboxylic acid groups (broad SMARTS) is 1. The largest absolute Gasteiger partial charge is 0.478 e. The Morgan fingerprint density at radius 1 is 1.21 bits per heavy atom. The Morgan fingerprint density at radius 2 is 1.97 bits per heavy atom. The minimum absolute atomic E-state index is 0.0150. The van der Waals surface area contributed by atoms with Gasteiger partial charge in [-0.2, -0.15) is 13.2 Å². The molecule has 4 rings (SSSR count). The van der Waals surface area contributed by atoms with Crippen molar-refractivity contribution < 1.29 is 23.1 Å². The van der Waals surface area contributed by atoms with E-state index < -0.39 is 29.3 Å². The van der Waals surface area contributed by atoms with Gasteiger partial charge >= 0.3 is 12.1 Å². The van der Waals surface area contributed by atoms with Crippen LogP contribution in [0.4, 0.5) is 18.9 Å². The minimum Gasteiger partial charge on any atom is -0.478 e. The zero-order chi connectivity index (χ0) is 23.8. The van der Waals surface area contributed by atoms with Gasteiger partial charge < -0.3 is 10.4 Å². The number of halogens is 3. The van der Waals surface area contributed by atoms with Crippen LogP contribution in [0.15, 0.2) is 53.5 Å². The number of aromatic nitrogens is 2. The summed E-state index contributed by atoms with van der Waals surface area (Å²) in [6, 6.07) is 7.58. The molecule has 0 amide bonds. The molecule has 2 aromatic heterocycles. The van der Waals surface area contributed by atoms with Crippen molar-refractivity contribution >= 4 is 22.9 Å². The second-order valence-electron chi connectivity index (χ2n) is 8.05. The minimum atomic E-state index is -4.67. The van der Waals surface area contributed by atoms with Gasteiger partial charge in [0.1, 0.15) is 5.65 Å². The molecule has 0 saturated heterocycles. The topological polar surface area (TPSA) is 83.7 Å². The molecule has 9 heteroatoms. The summed E-state index contributed by atoms with van der Waals surface area (Å²) in [4.78, 5) is 29.0. The average Bonchev–Trinajstić information content (AvgIpc) is 2.78. The molecule has 0 bridgehead atoms. The molecule has 172 valence electrons. The summed E-state index contributed by atoms with van der Waals surface area (Å²) in [6.07, 6.45) is 1.70. The Kier molecular flexibility index (Phi) is 5.97. The molecular formula is C24H22F3N3O3. The molecule has 1 aliphatic carbocycles. The predicted molar refractivity (Wildman–Crippen MR) is 118 cm³/mol. The number of hydrogen-bond donors (Lipinski definition) is 2. The SMILES string of the molecule is C[C@@H](Nc1ccccc1C(=O)O)c1cc(C(F)(F)F)cn2c(=O)cc(C3=CCCCC3)nc12. The highest BCUT2D eigenvalue weighted by Gasteiger charge is 2.33. The second kappa shape index (κ2) is 8.73. The van der Waals surface area contributed by atoms with Gasteiger partial charge in [0.25, 0.3) is 5.56 Å². The molecule has 1 atom stereocenters. The average molecular weight is 457 g/mol. The number of nitrogens with one attached hydrogen (secondary N) is 1. The third-order valence-electron chi connectivity index (χ3n) is 5.73. The van der Waals surface area contributed by atoms with Gasteiger partial charge in [0.15, 0.2) is 0 Å². The summed E-state index contributed by atoms with van der Waals surface area (Å²) in [7, 11) is 0. The molecule has 6 nitrogen and oxygen atoms in total. The van der Waals surface area contributed by atoms with Crippen molar-refractivity contribution in [2.75, 3.05) is 5.32 Å². The number of benzene rings is 1. The molecule has 1 aliphatic rings. The van der Waals surface area contributed by atoms with E-state index in [9.17, 15) is 27.9 Å². The first-order valence-corrected chi connectivity index (χ1v) is 10.6. The van der Waals surface area contributed by atoms with Crippen molar-refractivity contribution in [3.05, 3.63) is 81.4 Å². The van der Waals surface area contributed by atoms with Crippen LogP contribution in [0, 0.1) is 0 Å². The first kappa shape index (κ1) is 22.6. The number of hydrogen-bond acceptors (Lipinski definition) is 4. The van der Waals surface area contributed by atoms with Crippen molar-refractivity contribution in [1.29, 1.82) is 0 Å². The highest BCUT2D eigenvalue weighted by atomic mass is 19.4. The van der Waals surface area contributed by atoms with Crippen LogP contribution in [-0.2, 0) is 6.18 Å². The van der Waals surface area contributed by atoms with Crippen LogP contribution >= 0.6 is 0 Å². The number of carboxylic acids is 1. The van der Waals surface area contributed by atoms with Crippen LogP contribution < -0.4 is 10.9 Å². The number of para-hydroxylation sites is 1. The lowest BCUT2D eigenvalue weighted by Crippen LogP contribution is -2.22. The van der Waals surface area contributed by atoms with Crippen molar-refractivity contribution in [2.45, 2.75) is 44.8 Å². The maximum atomic E-state index is 13.6. The van der Waals surface area contributed by atoms with Crippen LogP contribution in [-0.4, -0.2) is 20.5 Å². The maximum absolute atomic E-state index is 13.6. The molecular weight excluding hydrogens is 435 g/mol. The number of nitrogens with zero attached hydrogens (tertiary/aromatic N) is 2. The van der Waals surface area contributed by atoms with Crippen molar-refractivity contribution in [1.82, 2.24) is 9.38 Å². The Morgan fingerprint density at radius 3 is 2.64 bits per heavy atom. The van der Waals surface area contributed by atoms with Gasteiger partial charge in [-0.3, -0.25) is 9.20 Å². The molecule has 0 unspecified atom stereocenters. The van der Waals surface area contributed by atoms with Crippen LogP contribution in [0.25, 0.3) is 11.2 Å². The van der Waals surface area contributed by atoms with E-state index in [0.29, 0.717) is 5.69 Å². The van der Waals surface area contributed by atoms with Crippen LogP contribution in [0.5, 0.6) is 0 Å². The van der Waals surface area contributed by atoms with E-state index in [1.54, 1.807) is 19.1 Å². The summed E-state index contributed by atoms with van der Waals surface area (Å²) in [6.45, 7) is 1.60.